The van der Waals surface area contributed by atoms with Crippen molar-refractivity contribution in [3.8, 4) is 6.07 Å². The average Bonchev–Trinajstić information content (AvgIpc) is 2.87. The fraction of sp³-hybridized carbons (Fsp3) is 0.333. The van der Waals surface area contributed by atoms with Crippen molar-refractivity contribution in [1.29, 1.82) is 5.26 Å². The molecular weight excluding hydrogens is 455 g/mol. The lowest BCUT2D eigenvalue weighted by molar-refractivity contribution is -0.128. The molecule has 8 nitrogen and oxygen atoms in total. The number of carbonyl (C=O) groups excluding carboxylic acids is 1. The molecule has 13 heteroatoms. The molecule has 1 saturated heterocycles. The molecule has 164 valence electrons. The Balaban J connectivity index is 2.14. The van der Waals surface area contributed by atoms with Crippen LogP contribution in [0.3, 0.4) is 0 Å². The summed E-state index contributed by atoms with van der Waals surface area (Å²) in [6, 6.07) is 3.44. The second-order valence-electron chi connectivity index (χ2n) is 7.43. The molecule has 1 aromatic rings. The number of anilines is 1. The van der Waals surface area contributed by atoms with Crippen LogP contribution >= 0.6 is 12.2 Å². The molecule has 0 spiro atoms. The first kappa shape index (κ1) is 22.9. The molecule has 1 amide bonds. The van der Waals surface area contributed by atoms with Crippen molar-refractivity contribution in [3.63, 3.8) is 0 Å². The second kappa shape index (κ2) is 7.11. The topological polar surface area (TPSA) is 120 Å². The fourth-order valence-electron chi connectivity index (χ4n) is 3.37. The maximum Gasteiger partial charge on any atom is 0.281 e. The van der Waals surface area contributed by atoms with E-state index in [-0.39, 0.29) is 16.5 Å². The van der Waals surface area contributed by atoms with Gasteiger partial charge in [-0.25, -0.2) is 31.7 Å². The standard InChI is InChI=1S/C18H16F3N5O3S2/c1-9-11(7-12(19)18(21,8-22)14(9)20)25-15(27)17(2,3)26(16(25)30)10-4-5-24-13(6-10)31(23,28)29/h4-7,12H,1-3H3,(H2,23,28,29). The van der Waals surface area contributed by atoms with Crippen LogP contribution in [0.25, 0.3) is 0 Å². The molecule has 1 aliphatic heterocycles. The summed E-state index contributed by atoms with van der Waals surface area (Å²) in [5, 5.41) is 13.3. The summed E-state index contributed by atoms with van der Waals surface area (Å²) in [5.41, 5.74) is -5.61. The highest BCUT2D eigenvalue weighted by Crippen LogP contribution is 2.43. The van der Waals surface area contributed by atoms with Crippen LogP contribution in [0.5, 0.6) is 0 Å². The van der Waals surface area contributed by atoms with Gasteiger partial charge in [-0.05, 0) is 45.1 Å². The molecule has 31 heavy (non-hydrogen) atoms. The van der Waals surface area contributed by atoms with E-state index in [0.29, 0.717) is 6.08 Å². The number of pyridine rings is 1. The van der Waals surface area contributed by atoms with Gasteiger partial charge in [-0.15, -0.1) is 0 Å². The largest absolute Gasteiger partial charge is 0.303 e. The van der Waals surface area contributed by atoms with E-state index < -0.39 is 49.7 Å². The zero-order chi connectivity index (χ0) is 23.5. The minimum Gasteiger partial charge on any atom is -0.303 e. The summed E-state index contributed by atoms with van der Waals surface area (Å²) in [5.74, 6) is -2.37. The van der Waals surface area contributed by atoms with Gasteiger partial charge in [-0.2, -0.15) is 5.26 Å². The van der Waals surface area contributed by atoms with Gasteiger partial charge in [-0.1, -0.05) is 0 Å². The van der Waals surface area contributed by atoms with E-state index in [1.54, 1.807) is 0 Å². The molecule has 3 rings (SSSR count). The van der Waals surface area contributed by atoms with E-state index in [2.05, 4.69) is 4.98 Å². The molecule has 0 saturated carbocycles. The van der Waals surface area contributed by atoms with E-state index in [0.717, 1.165) is 30.2 Å². The van der Waals surface area contributed by atoms with Crippen molar-refractivity contribution in [1.82, 2.24) is 9.88 Å². The number of hydrogen-bond acceptors (Lipinski definition) is 6. The summed E-state index contributed by atoms with van der Waals surface area (Å²) in [7, 11) is -4.17. The highest BCUT2D eigenvalue weighted by molar-refractivity contribution is 7.89. The van der Waals surface area contributed by atoms with Gasteiger partial charge in [0.05, 0.1) is 5.70 Å². The van der Waals surface area contributed by atoms with Crippen LogP contribution in [0.15, 0.2) is 46.5 Å². The Morgan fingerprint density at radius 3 is 2.55 bits per heavy atom. The first-order chi connectivity index (χ1) is 14.2. The number of allylic oxidation sites excluding steroid dienone is 3. The summed E-state index contributed by atoms with van der Waals surface area (Å²) in [4.78, 5) is 18.9. The maximum absolute atomic E-state index is 14.5. The van der Waals surface area contributed by atoms with Crippen molar-refractivity contribution in [2.24, 2.45) is 5.14 Å². The lowest BCUT2D eigenvalue weighted by Crippen LogP contribution is -2.44. The Morgan fingerprint density at radius 2 is 2.00 bits per heavy atom. The van der Waals surface area contributed by atoms with Crippen LogP contribution in [0.4, 0.5) is 18.9 Å². The number of rotatable bonds is 3. The van der Waals surface area contributed by atoms with Gasteiger partial charge < -0.3 is 4.90 Å². The van der Waals surface area contributed by atoms with Gasteiger partial charge in [0.1, 0.15) is 11.6 Å². The molecule has 1 fully saturated rings. The van der Waals surface area contributed by atoms with Crippen molar-refractivity contribution in [2.45, 2.75) is 43.2 Å². The van der Waals surface area contributed by atoms with Crippen molar-refractivity contribution >= 4 is 38.9 Å². The molecule has 2 aliphatic rings. The molecular formula is C18H16F3N5O3S2. The van der Waals surface area contributed by atoms with Gasteiger partial charge in [0, 0.05) is 23.5 Å². The summed E-state index contributed by atoms with van der Waals surface area (Å²) in [6.07, 6.45) is -0.916. The van der Waals surface area contributed by atoms with Crippen LogP contribution in [0.2, 0.25) is 0 Å². The Hall–Kier alpha value is -2.82. The predicted octanol–water partition coefficient (Wildman–Crippen LogP) is 2.15. The van der Waals surface area contributed by atoms with E-state index in [9.17, 15) is 26.4 Å². The van der Waals surface area contributed by atoms with Gasteiger partial charge in [-0.3, -0.25) is 9.69 Å². The van der Waals surface area contributed by atoms with E-state index in [4.69, 9.17) is 22.6 Å². The number of hydrogen-bond donors (Lipinski definition) is 1. The third-order valence-corrected chi connectivity index (χ3v) is 6.23. The van der Waals surface area contributed by atoms with Crippen LogP contribution < -0.4 is 10.0 Å². The van der Waals surface area contributed by atoms with Crippen LogP contribution in [-0.2, 0) is 14.8 Å². The second-order valence-corrected chi connectivity index (χ2v) is 9.30. The van der Waals surface area contributed by atoms with Crippen LogP contribution in [-0.4, -0.2) is 46.7 Å². The number of carbonyl (C=O) groups is 1. The molecule has 0 aromatic carbocycles. The highest BCUT2D eigenvalue weighted by atomic mass is 32.2. The number of alkyl halides is 2. The summed E-state index contributed by atoms with van der Waals surface area (Å²) < 4.78 is 66.6. The van der Waals surface area contributed by atoms with Crippen molar-refractivity contribution in [3.05, 3.63) is 41.5 Å². The fourth-order valence-corrected chi connectivity index (χ4v) is 4.38. The van der Waals surface area contributed by atoms with E-state index in [1.165, 1.54) is 24.8 Å². The number of halogens is 3. The molecule has 0 bridgehead atoms. The Kier molecular flexibility index (Phi) is 5.24. The summed E-state index contributed by atoms with van der Waals surface area (Å²) >= 11 is 5.37. The Morgan fingerprint density at radius 1 is 1.39 bits per heavy atom. The third kappa shape index (κ3) is 3.31. The predicted molar refractivity (Wildman–Crippen MR) is 108 cm³/mol. The zero-order valence-electron chi connectivity index (χ0n) is 16.4. The number of thiocarbonyl (C=S) groups is 1. The minimum atomic E-state index is -4.17. The monoisotopic (exact) mass is 471 g/mol. The van der Waals surface area contributed by atoms with Crippen molar-refractivity contribution in [2.75, 3.05) is 4.90 Å². The van der Waals surface area contributed by atoms with Crippen LogP contribution in [0, 0.1) is 11.3 Å². The molecule has 2 N–H and O–H groups in total. The Labute approximate surface area is 181 Å². The maximum atomic E-state index is 14.5. The SMILES string of the molecule is CC1=C(F)C(F)(C#N)C(F)C=C1N1C(=O)C(C)(C)N(c2ccnc(S(N)(=O)=O)c2)C1=S. The molecule has 1 aromatic heterocycles. The zero-order valence-corrected chi connectivity index (χ0v) is 18.1. The van der Waals surface area contributed by atoms with Gasteiger partial charge in [0.15, 0.2) is 22.1 Å². The average molecular weight is 471 g/mol. The first-order valence-corrected chi connectivity index (χ1v) is 10.6. The lowest BCUT2D eigenvalue weighted by Gasteiger charge is -2.30. The van der Waals surface area contributed by atoms with Gasteiger partial charge >= 0.3 is 0 Å². The quantitative estimate of drug-likeness (QED) is 0.671. The minimum absolute atomic E-state index is 0.136. The third-order valence-electron chi connectivity index (χ3n) is 5.06. The molecule has 2 heterocycles. The number of nitrogens with two attached hydrogens (primary N) is 1. The highest BCUT2D eigenvalue weighted by Gasteiger charge is 2.55. The smallest absolute Gasteiger partial charge is 0.281 e. The van der Waals surface area contributed by atoms with Crippen molar-refractivity contribution < 1.29 is 26.4 Å². The Bertz CT molecular complexity index is 1220. The number of nitrogens with zero attached hydrogens (tertiary/aromatic N) is 4. The number of nitriles is 1. The van der Waals surface area contributed by atoms with E-state index in [1.807, 2.05) is 0 Å². The molecule has 0 radical (unpaired) electrons. The molecule has 2 atom stereocenters. The van der Waals surface area contributed by atoms with E-state index >= 15 is 0 Å². The molecule has 2 unspecified atom stereocenters. The number of primary sulfonamides is 1. The van der Waals surface area contributed by atoms with Crippen LogP contribution in [0.1, 0.15) is 20.8 Å². The number of aromatic nitrogens is 1. The van der Waals surface area contributed by atoms with Gasteiger partial charge in [0.25, 0.3) is 21.6 Å². The summed E-state index contributed by atoms with van der Waals surface area (Å²) in [6.45, 7) is 4.01. The first-order valence-electron chi connectivity index (χ1n) is 8.68. The number of sulfonamides is 1. The lowest BCUT2D eigenvalue weighted by atomic mass is 9.89. The normalized spacial score (nSPS) is 26.3. The molecule has 1 aliphatic carbocycles. The van der Waals surface area contributed by atoms with Gasteiger partial charge in [0.2, 0.25) is 0 Å². The number of amides is 1.